The molecule has 1 heterocycles. The molecule has 1 atom stereocenters. The van der Waals surface area contributed by atoms with Crippen molar-refractivity contribution in [3.8, 4) is 0 Å². The van der Waals surface area contributed by atoms with Crippen molar-refractivity contribution in [2.24, 2.45) is 0 Å². The SMILES string of the molecule is O=C(O)c1ccc(NC2CCSc3ccc(Cl)cc32)cc1. The Morgan fingerprint density at radius 1 is 1.24 bits per heavy atom. The number of carboxylic acid groups (broad SMARTS) is 1. The summed E-state index contributed by atoms with van der Waals surface area (Å²) in [6.45, 7) is 0. The number of thioether (sulfide) groups is 1. The van der Waals surface area contributed by atoms with Crippen molar-refractivity contribution in [2.45, 2.75) is 17.4 Å². The highest BCUT2D eigenvalue weighted by atomic mass is 35.5. The maximum absolute atomic E-state index is 10.9. The van der Waals surface area contributed by atoms with Crippen molar-refractivity contribution >= 4 is 35.0 Å². The summed E-state index contributed by atoms with van der Waals surface area (Å²) in [4.78, 5) is 12.1. The summed E-state index contributed by atoms with van der Waals surface area (Å²) in [7, 11) is 0. The Bertz CT molecular complexity index is 672. The zero-order valence-electron chi connectivity index (χ0n) is 11.2. The monoisotopic (exact) mass is 319 g/mol. The predicted molar refractivity (Wildman–Crippen MR) is 86.6 cm³/mol. The number of fused-ring (bicyclic) bond motifs is 1. The number of carbonyl (C=O) groups is 1. The number of rotatable bonds is 3. The lowest BCUT2D eigenvalue weighted by atomic mass is 10.0. The maximum Gasteiger partial charge on any atom is 0.335 e. The molecule has 21 heavy (non-hydrogen) atoms. The van der Waals surface area contributed by atoms with E-state index in [0.717, 1.165) is 22.9 Å². The van der Waals surface area contributed by atoms with Gasteiger partial charge in [-0.05, 0) is 54.4 Å². The van der Waals surface area contributed by atoms with Gasteiger partial charge in [-0.3, -0.25) is 0 Å². The molecule has 0 spiro atoms. The van der Waals surface area contributed by atoms with Crippen LogP contribution in [-0.2, 0) is 0 Å². The van der Waals surface area contributed by atoms with Crippen LogP contribution in [-0.4, -0.2) is 16.8 Å². The quantitative estimate of drug-likeness (QED) is 0.862. The van der Waals surface area contributed by atoms with Crippen molar-refractivity contribution in [3.63, 3.8) is 0 Å². The summed E-state index contributed by atoms with van der Waals surface area (Å²) in [5.74, 6) is 0.146. The van der Waals surface area contributed by atoms with Crippen LogP contribution in [0.15, 0.2) is 47.4 Å². The maximum atomic E-state index is 10.9. The van der Waals surface area contributed by atoms with Crippen LogP contribution in [0.3, 0.4) is 0 Å². The molecule has 3 rings (SSSR count). The van der Waals surface area contributed by atoms with Gasteiger partial charge >= 0.3 is 5.97 Å². The van der Waals surface area contributed by atoms with Crippen molar-refractivity contribution in [3.05, 3.63) is 58.6 Å². The van der Waals surface area contributed by atoms with Crippen LogP contribution in [0.4, 0.5) is 5.69 Å². The van der Waals surface area contributed by atoms with Crippen molar-refractivity contribution < 1.29 is 9.90 Å². The van der Waals surface area contributed by atoms with Gasteiger partial charge in [-0.15, -0.1) is 11.8 Å². The molecule has 3 nitrogen and oxygen atoms in total. The second-order valence-corrected chi connectivity index (χ2v) is 6.47. The number of hydrogen-bond acceptors (Lipinski definition) is 3. The average Bonchev–Trinajstić information content (AvgIpc) is 2.48. The first-order valence-corrected chi connectivity index (χ1v) is 8.02. The van der Waals surface area contributed by atoms with E-state index in [-0.39, 0.29) is 6.04 Å². The topological polar surface area (TPSA) is 49.3 Å². The van der Waals surface area contributed by atoms with Crippen molar-refractivity contribution in [1.82, 2.24) is 0 Å². The molecule has 108 valence electrons. The van der Waals surface area contributed by atoms with E-state index in [0.29, 0.717) is 5.56 Å². The number of hydrogen-bond donors (Lipinski definition) is 2. The van der Waals surface area contributed by atoms with Crippen molar-refractivity contribution in [2.75, 3.05) is 11.1 Å². The number of carboxylic acids is 1. The van der Waals surface area contributed by atoms with Gasteiger partial charge in [0, 0.05) is 21.4 Å². The molecule has 0 aliphatic carbocycles. The van der Waals surface area contributed by atoms with Gasteiger partial charge in [-0.2, -0.15) is 0 Å². The first-order valence-electron chi connectivity index (χ1n) is 6.65. The van der Waals surface area contributed by atoms with E-state index in [1.165, 1.54) is 10.5 Å². The molecule has 0 saturated heterocycles. The molecule has 5 heteroatoms. The Hall–Kier alpha value is -1.65. The fourth-order valence-corrected chi connectivity index (χ4v) is 3.71. The lowest BCUT2D eigenvalue weighted by Gasteiger charge is -2.27. The fourth-order valence-electron chi connectivity index (χ4n) is 2.43. The van der Waals surface area contributed by atoms with Crippen LogP contribution < -0.4 is 5.32 Å². The molecule has 1 aliphatic rings. The number of nitrogens with one attached hydrogen (secondary N) is 1. The molecule has 1 unspecified atom stereocenters. The third kappa shape index (κ3) is 3.17. The van der Waals surface area contributed by atoms with E-state index in [4.69, 9.17) is 16.7 Å². The minimum atomic E-state index is -0.909. The van der Waals surface area contributed by atoms with Gasteiger partial charge in [0.15, 0.2) is 0 Å². The molecular formula is C16H14ClNO2S. The summed E-state index contributed by atoms with van der Waals surface area (Å²) in [6.07, 6.45) is 1.01. The highest BCUT2D eigenvalue weighted by molar-refractivity contribution is 7.99. The van der Waals surface area contributed by atoms with E-state index < -0.39 is 5.97 Å². The Labute approximate surface area is 132 Å². The molecule has 2 N–H and O–H groups in total. The molecule has 0 fully saturated rings. The Morgan fingerprint density at radius 3 is 2.71 bits per heavy atom. The van der Waals surface area contributed by atoms with Crippen LogP contribution in [0.1, 0.15) is 28.4 Å². The van der Waals surface area contributed by atoms with E-state index in [2.05, 4.69) is 11.4 Å². The molecule has 0 radical (unpaired) electrons. The molecule has 2 aromatic rings. The largest absolute Gasteiger partial charge is 0.478 e. The van der Waals surface area contributed by atoms with Gasteiger partial charge in [-0.25, -0.2) is 4.79 Å². The molecule has 0 saturated carbocycles. The molecule has 0 bridgehead atoms. The molecule has 2 aromatic carbocycles. The van der Waals surface area contributed by atoms with E-state index in [9.17, 15) is 4.79 Å². The number of benzene rings is 2. The molecular weight excluding hydrogens is 306 g/mol. The van der Waals surface area contributed by atoms with Crippen molar-refractivity contribution in [1.29, 1.82) is 0 Å². The zero-order valence-corrected chi connectivity index (χ0v) is 12.7. The summed E-state index contributed by atoms with van der Waals surface area (Å²) in [5, 5.41) is 13.1. The lowest BCUT2D eigenvalue weighted by molar-refractivity contribution is 0.0697. The van der Waals surface area contributed by atoms with Crippen LogP contribution in [0.5, 0.6) is 0 Å². The summed E-state index contributed by atoms with van der Waals surface area (Å²) < 4.78 is 0. The van der Waals surface area contributed by atoms with Gasteiger partial charge in [-0.1, -0.05) is 11.6 Å². The second kappa shape index (κ2) is 6.00. The van der Waals surface area contributed by atoms with Crippen LogP contribution in [0.2, 0.25) is 5.02 Å². The highest BCUT2D eigenvalue weighted by Gasteiger charge is 2.20. The summed E-state index contributed by atoms with van der Waals surface area (Å²) in [5.41, 5.74) is 2.42. The Kier molecular flexibility index (Phi) is 4.08. The highest BCUT2D eigenvalue weighted by Crippen LogP contribution is 2.39. The fraction of sp³-hybridized carbons (Fsp3) is 0.188. The standard InChI is InChI=1S/C16H14ClNO2S/c17-11-3-6-15-13(9-11)14(7-8-21-15)18-12-4-1-10(2-5-12)16(19)20/h1-6,9,14,18H,7-8H2,(H,19,20). The summed E-state index contributed by atoms with van der Waals surface area (Å²) in [6, 6.07) is 13.0. The normalized spacial score (nSPS) is 17.1. The van der Waals surface area contributed by atoms with E-state index in [1.807, 2.05) is 23.9 Å². The van der Waals surface area contributed by atoms with Crippen LogP contribution in [0.25, 0.3) is 0 Å². The van der Waals surface area contributed by atoms with Crippen LogP contribution >= 0.6 is 23.4 Å². The third-order valence-electron chi connectivity index (χ3n) is 3.48. The zero-order chi connectivity index (χ0) is 14.8. The number of halogens is 1. The Morgan fingerprint density at radius 2 is 2.00 bits per heavy atom. The molecule has 1 aliphatic heterocycles. The van der Waals surface area contributed by atoms with Gasteiger partial charge < -0.3 is 10.4 Å². The number of anilines is 1. The molecule has 0 aromatic heterocycles. The Balaban J connectivity index is 1.83. The summed E-state index contributed by atoms with van der Waals surface area (Å²) >= 11 is 7.94. The average molecular weight is 320 g/mol. The van der Waals surface area contributed by atoms with E-state index >= 15 is 0 Å². The smallest absolute Gasteiger partial charge is 0.335 e. The third-order valence-corrected chi connectivity index (χ3v) is 4.84. The molecule has 0 amide bonds. The van der Waals surface area contributed by atoms with Gasteiger partial charge in [0.1, 0.15) is 0 Å². The minimum Gasteiger partial charge on any atom is -0.478 e. The predicted octanol–water partition coefficient (Wildman–Crippen LogP) is 4.69. The first kappa shape index (κ1) is 14.3. The van der Waals surface area contributed by atoms with Gasteiger partial charge in [0.2, 0.25) is 0 Å². The first-order chi connectivity index (χ1) is 10.1. The minimum absolute atomic E-state index is 0.204. The van der Waals surface area contributed by atoms with Gasteiger partial charge in [0.05, 0.1) is 11.6 Å². The number of aromatic carboxylic acids is 1. The van der Waals surface area contributed by atoms with E-state index in [1.54, 1.807) is 24.3 Å². The lowest BCUT2D eigenvalue weighted by Crippen LogP contribution is -2.16. The van der Waals surface area contributed by atoms with Crippen LogP contribution in [0, 0.1) is 0 Å². The second-order valence-electron chi connectivity index (χ2n) is 4.90. The van der Waals surface area contributed by atoms with Gasteiger partial charge in [0.25, 0.3) is 0 Å².